The molecule has 0 aliphatic heterocycles. The lowest BCUT2D eigenvalue weighted by molar-refractivity contribution is 0.0852. The Kier molecular flexibility index (Phi) is 5.48. The van der Waals surface area contributed by atoms with Gasteiger partial charge in [0.2, 0.25) is 0 Å². The second kappa shape index (κ2) is 8.36. The van der Waals surface area contributed by atoms with Crippen LogP contribution in [-0.2, 0) is 6.42 Å². The van der Waals surface area contributed by atoms with Crippen LogP contribution in [-0.4, -0.2) is 38.8 Å². The third kappa shape index (κ3) is 3.77. The van der Waals surface area contributed by atoms with Crippen molar-refractivity contribution in [3.8, 4) is 5.75 Å². The van der Waals surface area contributed by atoms with Crippen LogP contribution < -0.4 is 10.1 Å². The predicted octanol–water partition coefficient (Wildman–Crippen LogP) is 4.18. The Hall–Kier alpha value is -3.52. The number of fused-ring (bicyclic) bond motifs is 2. The minimum Gasteiger partial charge on any atom is -0.489 e. The smallest absolute Gasteiger partial charge is 0.270 e. The number of nitrogens with zero attached hydrogens (tertiary/aromatic N) is 2. The third-order valence-electron chi connectivity index (χ3n) is 6.59. The van der Waals surface area contributed by atoms with Gasteiger partial charge in [0.25, 0.3) is 5.91 Å². The monoisotopic (exact) mass is 465 g/mol. The molecule has 4 atom stereocenters. The van der Waals surface area contributed by atoms with E-state index in [-0.39, 0.29) is 12.5 Å². The number of pyridine rings is 1. The van der Waals surface area contributed by atoms with E-state index in [2.05, 4.69) is 10.3 Å². The molecular formula is C26H25F2N3O3. The van der Waals surface area contributed by atoms with Gasteiger partial charge in [0.05, 0.1) is 23.8 Å². The summed E-state index contributed by atoms with van der Waals surface area (Å²) in [5, 5.41) is 13.4. The van der Waals surface area contributed by atoms with Crippen molar-refractivity contribution < 1.29 is 23.4 Å². The first-order valence-electron chi connectivity index (χ1n) is 11.2. The SMILES string of the molecule is Cc1nc2c(OCC3C(F)=CC=CC3(C)F)cccn2c1C(=O)NC1c2ccccc2C[C@@H]1O. The van der Waals surface area contributed by atoms with E-state index >= 15 is 0 Å². The highest BCUT2D eigenvalue weighted by Crippen LogP contribution is 2.35. The molecule has 3 aromatic rings. The maximum absolute atomic E-state index is 14.8. The molecule has 0 radical (unpaired) electrons. The molecule has 5 rings (SSSR count). The molecule has 34 heavy (non-hydrogen) atoms. The number of allylic oxidation sites excluding steroid dienone is 3. The van der Waals surface area contributed by atoms with Crippen LogP contribution in [0.25, 0.3) is 5.65 Å². The van der Waals surface area contributed by atoms with Gasteiger partial charge in [-0.1, -0.05) is 30.3 Å². The van der Waals surface area contributed by atoms with E-state index in [0.29, 0.717) is 29.2 Å². The molecule has 0 bridgehead atoms. The van der Waals surface area contributed by atoms with Crippen LogP contribution in [0.2, 0.25) is 0 Å². The first kappa shape index (κ1) is 22.3. The van der Waals surface area contributed by atoms with Gasteiger partial charge in [0.15, 0.2) is 11.4 Å². The third-order valence-corrected chi connectivity index (χ3v) is 6.59. The number of rotatable bonds is 5. The van der Waals surface area contributed by atoms with Crippen LogP contribution in [0.5, 0.6) is 5.75 Å². The molecule has 2 N–H and O–H groups in total. The van der Waals surface area contributed by atoms with Gasteiger partial charge in [-0.15, -0.1) is 0 Å². The lowest BCUT2D eigenvalue weighted by Crippen LogP contribution is -2.35. The fourth-order valence-corrected chi connectivity index (χ4v) is 4.75. The minimum absolute atomic E-state index is 0.224. The van der Waals surface area contributed by atoms with Gasteiger partial charge in [0, 0.05) is 12.6 Å². The van der Waals surface area contributed by atoms with Gasteiger partial charge >= 0.3 is 0 Å². The van der Waals surface area contributed by atoms with Crippen LogP contribution in [0.3, 0.4) is 0 Å². The van der Waals surface area contributed by atoms with Crippen LogP contribution in [0.15, 0.2) is 66.6 Å². The fraction of sp³-hybridized carbons (Fsp3) is 0.308. The summed E-state index contributed by atoms with van der Waals surface area (Å²) in [5.41, 5.74) is 1.16. The molecule has 1 amide bonds. The summed E-state index contributed by atoms with van der Waals surface area (Å²) in [6, 6.07) is 10.4. The van der Waals surface area contributed by atoms with Crippen LogP contribution in [0, 0.1) is 12.8 Å². The number of aryl methyl sites for hydroxylation is 1. The molecule has 2 aromatic heterocycles. The molecule has 3 unspecified atom stereocenters. The summed E-state index contributed by atoms with van der Waals surface area (Å²) in [6.07, 6.45) is 5.33. The molecular weight excluding hydrogens is 440 g/mol. The number of hydrogen-bond acceptors (Lipinski definition) is 4. The molecule has 6 nitrogen and oxygen atoms in total. The van der Waals surface area contributed by atoms with E-state index in [1.54, 1.807) is 29.7 Å². The molecule has 8 heteroatoms. The molecule has 0 saturated carbocycles. The van der Waals surface area contributed by atoms with Crippen LogP contribution in [0.4, 0.5) is 8.78 Å². The van der Waals surface area contributed by atoms with E-state index in [1.807, 2.05) is 24.3 Å². The van der Waals surface area contributed by atoms with Crippen molar-refractivity contribution in [1.29, 1.82) is 0 Å². The molecule has 2 aliphatic carbocycles. The average molecular weight is 466 g/mol. The van der Waals surface area contributed by atoms with Crippen molar-refractivity contribution in [3.63, 3.8) is 0 Å². The van der Waals surface area contributed by atoms with Crippen molar-refractivity contribution >= 4 is 11.6 Å². The van der Waals surface area contributed by atoms with Crippen molar-refractivity contribution in [2.75, 3.05) is 6.61 Å². The van der Waals surface area contributed by atoms with Gasteiger partial charge in [-0.05, 0) is 49.3 Å². The maximum atomic E-state index is 14.8. The zero-order chi connectivity index (χ0) is 24.0. The largest absolute Gasteiger partial charge is 0.489 e. The average Bonchev–Trinajstić information content (AvgIpc) is 3.29. The lowest BCUT2D eigenvalue weighted by Gasteiger charge is -2.28. The predicted molar refractivity (Wildman–Crippen MR) is 123 cm³/mol. The Morgan fingerprint density at radius 2 is 2.12 bits per heavy atom. The fourth-order valence-electron chi connectivity index (χ4n) is 4.75. The number of aliphatic hydroxyl groups is 1. The Morgan fingerprint density at radius 1 is 1.32 bits per heavy atom. The zero-order valence-electron chi connectivity index (χ0n) is 18.8. The number of nitrogens with one attached hydrogen (secondary N) is 1. The lowest BCUT2D eigenvalue weighted by atomic mass is 9.87. The number of ether oxygens (including phenoxy) is 1. The zero-order valence-corrected chi connectivity index (χ0v) is 18.8. The van der Waals surface area contributed by atoms with Gasteiger partial charge in [-0.2, -0.15) is 0 Å². The molecule has 2 aliphatic rings. The number of hydrogen-bond donors (Lipinski definition) is 2. The van der Waals surface area contributed by atoms with Crippen LogP contribution >= 0.6 is 0 Å². The molecule has 0 fully saturated rings. The molecule has 176 valence electrons. The summed E-state index contributed by atoms with van der Waals surface area (Å²) < 4.78 is 36.4. The number of aliphatic hydroxyl groups excluding tert-OH is 1. The number of halogens is 2. The van der Waals surface area contributed by atoms with Gasteiger partial charge < -0.3 is 15.2 Å². The first-order chi connectivity index (χ1) is 16.3. The summed E-state index contributed by atoms with van der Waals surface area (Å²) in [4.78, 5) is 17.7. The first-order valence-corrected chi connectivity index (χ1v) is 11.2. The summed E-state index contributed by atoms with van der Waals surface area (Å²) in [7, 11) is 0. The Bertz CT molecular complexity index is 1330. The van der Waals surface area contributed by atoms with Crippen LogP contribution in [0.1, 0.15) is 40.3 Å². The van der Waals surface area contributed by atoms with Crippen molar-refractivity contribution in [3.05, 3.63) is 89.2 Å². The second-order valence-electron chi connectivity index (χ2n) is 8.96. The standard InChI is InChI=1S/C26H25F2N3O3/c1-15-23(25(33)30-22-17-8-4-3-7-16(17)13-20(22)32)31-12-6-10-21(24(31)29-15)34-14-18-19(27)9-5-11-26(18,2)28/h3-12,18,20,22,32H,13-14H2,1-2H3,(H,30,33)/t18?,20-,22?,26?/m0/s1. The molecule has 2 heterocycles. The molecule has 0 saturated heterocycles. The Labute approximate surface area is 195 Å². The van der Waals surface area contributed by atoms with E-state index in [4.69, 9.17) is 4.74 Å². The van der Waals surface area contributed by atoms with Crippen molar-refractivity contribution in [2.45, 2.75) is 38.1 Å². The molecule has 1 aromatic carbocycles. The second-order valence-corrected chi connectivity index (χ2v) is 8.96. The number of aromatic nitrogens is 2. The van der Waals surface area contributed by atoms with Crippen molar-refractivity contribution in [2.24, 2.45) is 5.92 Å². The van der Waals surface area contributed by atoms with Gasteiger partial charge in [-0.3, -0.25) is 9.20 Å². The topological polar surface area (TPSA) is 75.9 Å². The number of amides is 1. The quantitative estimate of drug-likeness (QED) is 0.593. The minimum atomic E-state index is -1.88. The van der Waals surface area contributed by atoms with Gasteiger partial charge in [0.1, 0.15) is 23.8 Å². The molecule has 0 spiro atoms. The maximum Gasteiger partial charge on any atom is 0.270 e. The Morgan fingerprint density at radius 3 is 2.91 bits per heavy atom. The highest BCUT2D eigenvalue weighted by molar-refractivity contribution is 5.95. The number of carbonyl (C=O) groups is 1. The summed E-state index contributed by atoms with van der Waals surface area (Å²) in [5.74, 6) is -1.74. The highest BCUT2D eigenvalue weighted by atomic mass is 19.1. The van der Waals surface area contributed by atoms with Gasteiger partial charge in [-0.25, -0.2) is 13.8 Å². The van der Waals surface area contributed by atoms with E-state index in [0.717, 1.165) is 11.1 Å². The number of benzene rings is 1. The number of alkyl halides is 1. The van der Waals surface area contributed by atoms with E-state index in [9.17, 15) is 18.7 Å². The van der Waals surface area contributed by atoms with E-state index in [1.165, 1.54) is 25.2 Å². The highest BCUT2D eigenvalue weighted by Gasteiger charge is 2.38. The summed E-state index contributed by atoms with van der Waals surface area (Å²) >= 11 is 0. The van der Waals surface area contributed by atoms with E-state index < -0.39 is 29.6 Å². The normalized spacial score (nSPS) is 25.8. The Balaban J connectivity index is 1.40. The number of carbonyl (C=O) groups excluding carboxylic acids is 1. The summed E-state index contributed by atoms with van der Waals surface area (Å²) in [6.45, 7) is 2.79. The van der Waals surface area contributed by atoms with Crippen molar-refractivity contribution in [1.82, 2.24) is 14.7 Å². The number of imidazole rings is 1.